The van der Waals surface area contributed by atoms with Crippen LogP contribution in [0.15, 0.2) is 0 Å². The van der Waals surface area contributed by atoms with Crippen LogP contribution in [0.1, 0.15) is 19.3 Å². The molecule has 5 heteroatoms. The highest BCUT2D eigenvalue weighted by Crippen LogP contribution is 2.15. The Kier molecular flexibility index (Phi) is 3.98. The number of ether oxygens (including phenoxy) is 1. The predicted octanol–water partition coefficient (Wildman–Crippen LogP) is 0.184. The highest BCUT2D eigenvalue weighted by molar-refractivity contribution is 5.64. The normalized spacial score (nSPS) is 25.2. The zero-order valence-electron chi connectivity index (χ0n) is 7.40. The molecule has 2 atom stereocenters. The van der Waals surface area contributed by atoms with E-state index in [1.807, 2.05) is 0 Å². The molecule has 0 saturated carbocycles. The van der Waals surface area contributed by atoms with Gasteiger partial charge in [0.1, 0.15) is 0 Å². The molecule has 3 N–H and O–H groups in total. The number of carboxylic acid groups (broad SMARTS) is 1. The lowest BCUT2D eigenvalue weighted by atomic mass is 10.0. The van der Waals surface area contributed by atoms with Gasteiger partial charge in [0.25, 0.3) is 0 Å². The predicted molar refractivity (Wildman–Crippen MR) is 45.6 cm³/mol. The van der Waals surface area contributed by atoms with Gasteiger partial charge in [-0.15, -0.1) is 0 Å². The van der Waals surface area contributed by atoms with Crippen molar-refractivity contribution >= 4 is 6.09 Å². The molecular formula is C8H15NO4. The summed E-state index contributed by atoms with van der Waals surface area (Å²) < 4.78 is 5.35. The molecule has 76 valence electrons. The number of carbonyl (C=O) groups is 1. The van der Waals surface area contributed by atoms with Gasteiger partial charge in [-0.1, -0.05) is 0 Å². The monoisotopic (exact) mass is 189 g/mol. The summed E-state index contributed by atoms with van der Waals surface area (Å²) in [5.41, 5.74) is 0. The molecule has 0 radical (unpaired) electrons. The minimum Gasteiger partial charge on any atom is -0.465 e. The van der Waals surface area contributed by atoms with E-state index < -0.39 is 12.1 Å². The van der Waals surface area contributed by atoms with Crippen LogP contribution >= 0.6 is 0 Å². The molecule has 0 bridgehead atoms. The Morgan fingerprint density at radius 3 is 2.85 bits per heavy atom. The van der Waals surface area contributed by atoms with Crippen LogP contribution in [0.2, 0.25) is 0 Å². The van der Waals surface area contributed by atoms with Gasteiger partial charge >= 0.3 is 6.09 Å². The third-order valence-electron chi connectivity index (χ3n) is 2.17. The van der Waals surface area contributed by atoms with Crippen LogP contribution in [0, 0.1) is 0 Å². The van der Waals surface area contributed by atoms with Crippen LogP contribution < -0.4 is 5.32 Å². The molecule has 5 nitrogen and oxygen atoms in total. The Hall–Kier alpha value is -0.810. The van der Waals surface area contributed by atoms with Crippen molar-refractivity contribution in [1.29, 1.82) is 0 Å². The molecule has 1 aliphatic rings. The standard InChI is InChI=1S/C8H15NO4/c10-5-6(9-8(11)12)7-3-1-2-4-13-7/h6-7,9-10H,1-5H2,(H,11,12). The molecule has 0 aromatic rings. The van der Waals surface area contributed by atoms with Crippen LogP contribution in [-0.4, -0.2) is 41.7 Å². The van der Waals surface area contributed by atoms with Crippen LogP contribution in [0.4, 0.5) is 4.79 Å². The van der Waals surface area contributed by atoms with E-state index in [-0.39, 0.29) is 12.7 Å². The van der Waals surface area contributed by atoms with Gasteiger partial charge in [0.15, 0.2) is 0 Å². The van der Waals surface area contributed by atoms with Crippen molar-refractivity contribution in [1.82, 2.24) is 5.32 Å². The fraction of sp³-hybridized carbons (Fsp3) is 0.875. The van der Waals surface area contributed by atoms with Crippen LogP contribution in [0.5, 0.6) is 0 Å². The summed E-state index contributed by atoms with van der Waals surface area (Å²) in [5.74, 6) is 0. The van der Waals surface area contributed by atoms with E-state index >= 15 is 0 Å². The lowest BCUT2D eigenvalue weighted by Gasteiger charge is -2.28. The first-order chi connectivity index (χ1) is 6.24. The van der Waals surface area contributed by atoms with Gasteiger partial charge in [-0.05, 0) is 19.3 Å². The molecule has 1 rings (SSSR count). The summed E-state index contributed by atoms with van der Waals surface area (Å²) in [6, 6.07) is -0.488. The molecule has 13 heavy (non-hydrogen) atoms. The van der Waals surface area contributed by atoms with Crippen molar-refractivity contribution in [3.8, 4) is 0 Å². The molecular weight excluding hydrogens is 174 g/mol. The van der Waals surface area contributed by atoms with E-state index in [1.54, 1.807) is 0 Å². The maximum absolute atomic E-state index is 10.3. The molecule has 1 heterocycles. The van der Waals surface area contributed by atoms with Crippen molar-refractivity contribution in [2.45, 2.75) is 31.4 Å². The molecule has 1 amide bonds. The average Bonchev–Trinajstić information content (AvgIpc) is 2.15. The van der Waals surface area contributed by atoms with Gasteiger partial charge in [-0.25, -0.2) is 4.79 Å². The minimum atomic E-state index is -1.12. The molecule has 2 unspecified atom stereocenters. The zero-order chi connectivity index (χ0) is 9.68. The molecule has 0 aromatic carbocycles. The Bertz CT molecular complexity index is 168. The molecule has 0 aliphatic carbocycles. The van der Waals surface area contributed by atoms with Crippen LogP contribution in [0.25, 0.3) is 0 Å². The lowest BCUT2D eigenvalue weighted by molar-refractivity contribution is -0.0184. The summed E-state index contributed by atoms with van der Waals surface area (Å²) in [6.07, 6.45) is 1.57. The molecule has 1 fully saturated rings. The van der Waals surface area contributed by atoms with Crippen molar-refractivity contribution in [2.75, 3.05) is 13.2 Å². The summed E-state index contributed by atoms with van der Waals surface area (Å²) in [7, 11) is 0. The van der Waals surface area contributed by atoms with Crippen molar-refractivity contribution in [2.24, 2.45) is 0 Å². The van der Waals surface area contributed by atoms with Crippen LogP contribution in [-0.2, 0) is 4.74 Å². The Morgan fingerprint density at radius 1 is 1.62 bits per heavy atom. The van der Waals surface area contributed by atoms with Gasteiger partial charge < -0.3 is 20.3 Å². The third-order valence-corrected chi connectivity index (χ3v) is 2.17. The largest absolute Gasteiger partial charge is 0.465 e. The van der Waals surface area contributed by atoms with E-state index in [4.69, 9.17) is 14.9 Å². The lowest BCUT2D eigenvalue weighted by Crippen LogP contribution is -2.47. The van der Waals surface area contributed by atoms with Crippen molar-refractivity contribution < 1.29 is 19.7 Å². The van der Waals surface area contributed by atoms with Gasteiger partial charge in [0, 0.05) is 6.61 Å². The number of hydrogen-bond acceptors (Lipinski definition) is 3. The van der Waals surface area contributed by atoms with Crippen LogP contribution in [0.3, 0.4) is 0 Å². The second-order valence-corrected chi connectivity index (χ2v) is 3.14. The SMILES string of the molecule is O=C(O)NC(CO)C1CCCCO1. The first-order valence-corrected chi connectivity index (χ1v) is 4.46. The molecule has 0 aromatic heterocycles. The van der Waals surface area contributed by atoms with Gasteiger partial charge in [-0.3, -0.25) is 0 Å². The van der Waals surface area contributed by atoms with E-state index in [0.29, 0.717) is 6.61 Å². The molecule has 1 saturated heterocycles. The Morgan fingerprint density at radius 2 is 2.38 bits per heavy atom. The van der Waals surface area contributed by atoms with Gasteiger partial charge in [0.2, 0.25) is 0 Å². The van der Waals surface area contributed by atoms with Gasteiger partial charge in [-0.2, -0.15) is 0 Å². The number of amides is 1. The topological polar surface area (TPSA) is 78.8 Å². The van der Waals surface area contributed by atoms with E-state index in [9.17, 15) is 4.79 Å². The second-order valence-electron chi connectivity index (χ2n) is 3.14. The minimum absolute atomic E-state index is 0.171. The summed E-state index contributed by atoms with van der Waals surface area (Å²) in [6.45, 7) is 0.444. The molecule has 0 spiro atoms. The van der Waals surface area contributed by atoms with Crippen molar-refractivity contribution in [3.05, 3.63) is 0 Å². The maximum atomic E-state index is 10.3. The number of nitrogens with one attached hydrogen (secondary N) is 1. The van der Waals surface area contributed by atoms with E-state index in [2.05, 4.69) is 5.32 Å². The maximum Gasteiger partial charge on any atom is 0.405 e. The summed E-state index contributed by atoms with van der Waals surface area (Å²) >= 11 is 0. The number of hydrogen-bond donors (Lipinski definition) is 3. The van der Waals surface area contributed by atoms with E-state index in [0.717, 1.165) is 19.3 Å². The number of rotatable bonds is 3. The average molecular weight is 189 g/mol. The first-order valence-electron chi connectivity index (χ1n) is 4.46. The van der Waals surface area contributed by atoms with E-state index in [1.165, 1.54) is 0 Å². The fourth-order valence-corrected chi connectivity index (χ4v) is 1.50. The van der Waals surface area contributed by atoms with Gasteiger partial charge in [0.05, 0.1) is 18.8 Å². The van der Waals surface area contributed by atoms with Crippen molar-refractivity contribution in [3.63, 3.8) is 0 Å². The summed E-state index contributed by atoms with van der Waals surface area (Å²) in [5, 5.41) is 19.6. The number of aliphatic hydroxyl groups excluding tert-OH is 1. The third kappa shape index (κ3) is 3.20. The Balaban J connectivity index is 2.39. The fourth-order valence-electron chi connectivity index (χ4n) is 1.50. The summed E-state index contributed by atoms with van der Waals surface area (Å²) in [4.78, 5) is 10.3. The molecule has 1 aliphatic heterocycles. The Labute approximate surface area is 76.7 Å². The quantitative estimate of drug-likeness (QED) is 0.592. The smallest absolute Gasteiger partial charge is 0.405 e. The highest BCUT2D eigenvalue weighted by Gasteiger charge is 2.24. The highest BCUT2D eigenvalue weighted by atomic mass is 16.5. The second kappa shape index (κ2) is 5.04. The first kappa shape index (κ1) is 10.3. The number of aliphatic hydroxyl groups is 1. The zero-order valence-corrected chi connectivity index (χ0v) is 7.40.